The van der Waals surface area contributed by atoms with Gasteiger partial charge in [-0.25, -0.2) is 0 Å². The maximum atomic E-state index is 3.83. The van der Waals surface area contributed by atoms with Crippen LogP contribution in [0.25, 0.3) is 5.57 Å². The van der Waals surface area contributed by atoms with Crippen molar-refractivity contribution in [2.75, 3.05) is 0 Å². The molecular weight excluding hydrogens is 276 g/mol. The lowest BCUT2D eigenvalue weighted by Gasteiger charge is -2.09. The summed E-state index contributed by atoms with van der Waals surface area (Å²) in [5, 5.41) is 0. The topological polar surface area (TPSA) is 0 Å². The van der Waals surface area contributed by atoms with Gasteiger partial charge in [0.25, 0.3) is 0 Å². The molecule has 23 heavy (non-hydrogen) atoms. The zero-order valence-electron chi connectivity index (χ0n) is 15.1. The van der Waals surface area contributed by atoms with Crippen molar-refractivity contribution in [2.45, 2.75) is 34.6 Å². The maximum absolute atomic E-state index is 3.83. The highest BCUT2D eigenvalue weighted by Gasteiger charge is 2.02. The van der Waals surface area contributed by atoms with Crippen LogP contribution in [-0.2, 0) is 0 Å². The quantitative estimate of drug-likeness (QED) is 0.545. The van der Waals surface area contributed by atoms with Crippen LogP contribution in [0.4, 0.5) is 0 Å². The SMILES string of the molecule is C=C/C(C)=C(\C=C/C)c1ccccc1C.Cc1ccc(C)cc1. The van der Waals surface area contributed by atoms with E-state index < -0.39 is 0 Å². The molecular formula is C23H28. The van der Waals surface area contributed by atoms with Gasteiger partial charge in [0.2, 0.25) is 0 Å². The summed E-state index contributed by atoms with van der Waals surface area (Å²) in [6.07, 6.45) is 6.11. The fourth-order valence-corrected chi connectivity index (χ4v) is 2.22. The van der Waals surface area contributed by atoms with E-state index in [0.29, 0.717) is 0 Å². The number of rotatable bonds is 3. The molecule has 0 bridgehead atoms. The molecule has 0 saturated carbocycles. The van der Waals surface area contributed by atoms with Crippen molar-refractivity contribution in [3.63, 3.8) is 0 Å². The smallest absolute Gasteiger partial charge is 0.0152 e. The van der Waals surface area contributed by atoms with Gasteiger partial charge in [-0.15, -0.1) is 0 Å². The van der Waals surface area contributed by atoms with Crippen molar-refractivity contribution in [1.82, 2.24) is 0 Å². The van der Waals surface area contributed by atoms with Crippen LogP contribution in [0.2, 0.25) is 0 Å². The number of aryl methyl sites for hydroxylation is 3. The molecule has 0 aliphatic rings. The Morgan fingerprint density at radius 2 is 1.39 bits per heavy atom. The van der Waals surface area contributed by atoms with Crippen LogP contribution < -0.4 is 0 Å². The number of hydrogen-bond donors (Lipinski definition) is 0. The Kier molecular flexibility index (Phi) is 7.83. The lowest BCUT2D eigenvalue weighted by molar-refractivity contribution is 1.40. The Balaban J connectivity index is 0.000000277. The molecule has 0 radical (unpaired) electrons. The van der Waals surface area contributed by atoms with Crippen molar-refractivity contribution in [3.8, 4) is 0 Å². The average molecular weight is 304 g/mol. The summed E-state index contributed by atoms with van der Waals surface area (Å²) >= 11 is 0. The van der Waals surface area contributed by atoms with Crippen LogP contribution in [0.5, 0.6) is 0 Å². The second-order valence-electron chi connectivity index (χ2n) is 5.77. The Morgan fingerprint density at radius 1 is 0.870 bits per heavy atom. The van der Waals surface area contributed by atoms with Crippen LogP contribution >= 0.6 is 0 Å². The molecule has 2 rings (SSSR count). The van der Waals surface area contributed by atoms with Gasteiger partial charge in [0.05, 0.1) is 0 Å². The Morgan fingerprint density at radius 3 is 1.83 bits per heavy atom. The van der Waals surface area contributed by atoms with Crippen molar-refractivity contribution < 1.29 is 0 Å². The normalized spacial score (nSPS) is 11.5. The van der Waals surface area contributed by atoms with Crippen molar-refractivity contribution >= 4 is 5.57 Å². The standard InChI is InChI=1S/C15H18.C8H10/c1-5-9-14(12(3)6-2)15-11-8-7-10-13(15)4;1-7-3-5-8(2)6-4-7/h5-11H,2H2,1,3-4H3;3-6H,1-2H3/b9-5-,14-12+;. The summed E-state index contributed by atoms with van der Waals surface area (Å²) in [6.45, 7) is 14.3. The summed E-state index contributed by atoms with van der Waals surface area (Å²) in [6, 6.07) is 16.9. The van der Waals surface area contributed by atoms with E-state index in [-0.39, 0.29) is 0 Å². The van der Waals surface area contributed by atoms with Gasteiger partial charge in [-0.05, 0) is 56.9 Å². The summed E-state index contributed by atoms with van der Waals surface area (Å²) in [5.41, 5.74) is 7.71. The van der Waals surface area contributed by atoms with Gasteiger partial charge in [-0.1, -0.05) is 84.5 Å². The fraction of sp³-hybridized carbons (Fsp3) is 0.217. The second-order valence-corrected chi connectivity index (χ2v) is 5.77. The lowest BCUT2D eigenvalue weighted by atomic mass is 9.96. The first-order valence-corrected chi connectivity index (χ1v) is 8.04. The molecule has 0 nitrogen and oxygen atoms in total. The first kappa shape index (κ1) is 18.7. The summed E-state index contributed by atoms with van der Waals surface area (Å²) < 4.78 is 0. The van der Waals surface area contributed by atoms with Gasteiger partial charge >= 0.3 is 0 Å². The number of benzene rings is 2. The molecule has 0 saturated heterocycles. The van der Waals surface area contributed by atoms with E-state index in [0.717, 1.165) is 0 Å². The molecule has 0 spiro atoms. The molecule has 120 valence electrons. The van der Waals surface area contributed by atoms with Crippen molar-refractivity contribution in [3.05, 3.63) is 101 Å². The molecule has 0 heterocycles. The predicted molar refractivity (Wildman–Crippen MR) is 105 cm³/mol. The van der Waals surface area contributed by atoms with Gasteiger partial charge < -0.3 is 0 Å². The number of allylic oxidation sites excluding steroid dienone is 5. The summed E-state index contributed by atoms with van der Waals surface area (Å²) in [5.74, 6) is 0. The van der Waals surface area contributed by atoms with Crippen LogP contribution in [0, 0.1) is 20.8 Å². The van der Waals surface area contributed by atoms with Crippen molar-refractivity contribution in [1.29, 1.82) is 0 Å². The molecule has 0 atom stereocenters. The minimum atomic E-state index is 1.21. The first-order valence-electron chi connectivity index (χ1n) is 8.04. The molecule has 0 aliphatic carbocycles. The van der Waals surface area contributed by atoms with Gasteiger partial charge in [0.1, 0.15) is 0 Å². The fourth-order valence-electron chi connectivity index (χ4n) is 2.22. The Labute approximate surface area is 141 Å². The molecule has 2 aromatic rings. The minimum absolute atomic E-state index is 1.21. The average Bonchev–Trinajstić information content (AvgIpc) is 2.56. The predicted octanol–water partition coefficient (Wildman–Crippen LogP) is 6.83. The molecule has 2 aromatic carbocycles. The lowest BCUT2D eigenvalue weighted by Crippen LogP contribution is -1.88. The van der Waals surface area contributed by atoms with E-state index in [2.05, 4.69) is 95.0 Å². The van der Waals surface area contributed by atoms with E-state index in [1.807, 2.05) is 13.0 Å². The monoisotopic (exact) mass is 304 g/mol. The van der Waals surface area contributed by atoms with E-state index in [4.69, 9.17) is 0 Å². The highest BCUT2D eigenvalue weighted by Crippen LogP contribution is 2.23. The van der Waals surface area contributed by atoms with E-state index in [1.54, 1.807) is 0 Å². The summed E-state index contributed by atoms with van der Waals surface area (Å²) in [7, 11) is 0. The Bertz CT molecular complexity index is 661. The molecule has 0 unspecified atom stereocenters. The van der Waals surface area contributed by atoms with Crippen LogP contribution in [-0.4, -0.2) is 0 Å². The maximum Gasteiger partial charge on any atom is -0.0152 e. The van der Waals surface area contributed by atoms with Gasteiger partial charge in [-0.3, -0.25) is 0 Å². The highest BCUT2D eigenvalue weighted by molar-refractivity contribution is 5.79. The zero-order chi connectivity index (χ0) is 17.2. The molecule has 0 N–H and O–H groups in total. The van der Waals surface area contributed by atoms with Crippen LogP contribution in [0.15, 0.2) is 78.9 Å². The molecule has 0 fully saturated rings. The third kappa shape index (κ3) is 6.12. The third-order valence-corrected chi connectivity index (χ3v) is 3.72. The summed E-state index contributed by atoms with van der Waals surface area (Å²) in [4.78, 5) is 0. The second kappa shape index (κ2) is 9.63. The zero-order valence-corrected chi connectivity index (χ0v) is 15.1. The highest BCUT2D eigenvalue weighted by atomic mass is 14.1. The number of hydrogen-bond acceptors (Lipinski definition) is 0. The van der Waals surface area contributed by atoms with Crippen LogP contribution in [0.1, 0.15) is 36.1 Å². The third-order valence-electron chi connectivity index (χ3n) is 3.72. The van der Waals surface area contributed by atoms with Gasteiger partial charge in [0, 0.05) is 0 Å². The molecule has 0 aliphatic heterocycles. The largest absolute Gasteiger partial charge is 0.0988 e. The first-order chi connectivity index (χ1) is 11.0. The van der Waals surface area contributed by atoms with E-state index in [1.165, 1.54) is 33.4 Å². The Hall–Kier alpha value is -2.34. The minimum Gasteiger partial charge on any atom is -0.0988 e. The van der Waals surface area contributed by atoms with E-state index in [9.17, 15) is 0 Å². The molecule has 0 heteroatoms. The van der Waals surface area contributed by atoms with Crippen molar-refractivity contribution in [2.24, 2.45) is 0 Å². The van der Waals surface area contributed by atoms with E-state index >= 15 is 0 Å². The molecule has 0 amide bonds. The van der Waals surface area contributed by atoms with Crippen LogP contribution in [0.3, 0.4) is 0 Å². The molecule has 0 aromatic heterocycles. The van der Waals surface area contributed by atoms with Gasteiger partial charge in [-0.2, -0.15) is 0 Å². The van der Waals surface area contributed by atoms with Gasteiger partial charge in [0.15, 0.2) is 0 Å².